The fraction of sp³-hybridized carbons (Fsp3) is 0.615. The zero-order chi connectivity index (χ0) is 16.0. The van der Waals surface area contributed by atoms with Gasteiger partial charge in [-0.05, 0) is 13.3 Å². The molecule has 0 fully saturated rings. The number of nitrogens with one attached hydrogen (secondary N) is 1. The highest BCUT2D eigenvalue weighted by molar-refractivity contribution is 7.91. The number of sulfone groups is 1. The van der Waals surface area contributed by atoms with Crippen LogP contribution in [0.4, 0.5) is 10.7 Å². The monoisotopic (exact) mass is 334 g/mol. The molecule has 1 aromatic rings. The van der Waals surface area contributed by atoms with Crippen molar-refractivity contribution in [1.82, 2.24) is 0 Å². The Balaban J connectivity index is 3.27. The number of esters is 1. The summed E-state index contributed by atoms with van der Waals surface area (Å²) in [6.45, 7) is 6.12. The first-order valence-electron chi connectivity index (χ1n) is 6.94. The summed E-state index contributed by atoms with van der Waals surface area (Å²) in [6.07, 6.45) is 1.88. The normalized spacial score (nSPS) is 11.4. The molecule has 21 heavy (non-hydrogen) atoms. The SMILES string of the molecule is CCCCNc1sc(C(=O)OCC)c(N)c1S(=O)(=O)CC. The fourth-order valence-electron chi connectivity index (χ4n) is 1.73. The number of carbonyl (C=O) groups excluding carboxylic acids is 1. The Labute approximate surface area is 129 Å². The van der Waals surface area contributed by atoms with E-state index in [0.717, 1.165) is 24.2 Å². The van der Waals surface area contributed by atoms with E-state index in [4.69, 9.17) is 10.5 Å². The van der Waals surface area contributed by atoms with Crippen LogP contribution in [-0.2, 0) is 14.6 Å². The molecule has 0 unspecified atom stereocenters. The highest BCUT2D eigenvalue weighted by Crippen LogP contribution is 2.40. The number of thiophene rings is 1. The maximum absolute atomic E-state index is 12.2. The molecule has 0 radical (unpaired) electrons. The molecule has 8 heteroatoms. The summed E-state index contributed by atoms with van der Waals surface area (Å²) >= 11 is 1.04. The number of hydrogen-bond acceptors (Lipinski definition) is 7. The molecule has 0 aliphatic rings. The minimum atomic E-state index is -3.51. The summed E-state index contributed by atoms with van der Waals surface area (Å²) in [5.74, 6) is -0.658. The third-order valence-electron chi connectivity index (χ3n) is 2.87. The zero-order valence-electron chi connectivity index (χ0n) is 12.6. The highest BCUT2D eigenvalue weighted by atomic mass is 32.2. The maximum atomic E-state index is 12.2. The highest BCUT2D eigenvalue weighted by Gasteiger charge is 2.29. The second-order valence-electron chi connectivity index (χ2n) is 4.41. The van der Waals surface area contributed by atoms with Crippen molar-refractivity contribution in [3.8, 4) is 0 Å². The summed E-state index contributed by atoms with van der Waals surface area (Å²) in [6, 6.07) is 0. The van der Waals surface area contributed by atoms with Crippen LogP contribution in [0.3, 0.4) is 0 Å². The summed E-state index contributed by atoms with van der Waals surface area (Å²) < 4.78 is 29.3. The third kappa shape index (κ3) is 4.10. The number of hydrogen-bond donors (Lipinski definition) is 2. The number of nitrogen functional groups attached to an aromatic ring is 1. The Kier molecular flexibility index (Phi) is 6.47. The molecule has 120 valence electrons. The van der Waals surface area contributed by atoms with E-state index in [-0.39, 0.29) is 27.8 Å². The van der Waals surface area contributed by atoms with Gasteiger partial charge in [-0.2, -0.15) is 0 Å². The average Bonchev–Trinajstić information content (AvgIpc) is 2.77. The number of nitrogens with two attached hydrogens (primary N) is 1. The Morgan fingerprint density at radius 1 is 1.33 bits per heavy atom. The van der Waals surface area contributed by atoms with Gasteiger partial charge in [0, 0.05) is 6.54 Å². The van der Waals surface area contributed by atoms with Gasteiger partial charge in [-0.3, -0.25) is 0 Å². The van der Waals surface area contributed by atoms with E-state index < -0.39 is 15.8 Å². The van der Waals surface area contributed by atoms with Crippen molar-refractivity contribution in [2.75, 3.05) is 30.0 Å². The lowest BCUT2D eigenvalue weighted by molar-refractivity contribution is 0.0533. The molecular weight excluding hydrogens is 312 g/mol. The Hall–Kier alpha value is -1.28. The molecular formula is C13H22N2O4S2. The second-order valence-corrected chi connectivity index (χ2v) is 7.64. The van der Waals surface area contributed by atoms with Crippen LogP contribution < -0.4 is 11.1 Å². The van der Waals surface area contributed by atoms with E-state index >= 15 is 0 Å². The van der Waals surface area contributed by atoms with Crippen LogP contribution in [0.5, 0.6) is 0 Å². The lowest BCUT2D eigenvalue weighted by Gasteiger charge is -2.07. The first kappa shape index (κ1) is 17.8. The van der Waals surface area contributed by atoms with Crippen molar-refractivity contribution in [3.63, 3.8) is 0 Å². The van der Waals surface area contributed by atoms with E-state index in [0.29, 0.717) is 11.5 Å². The van der Waals surface area contributed by atoms with Crippen molar-refractivity contribution in [1.29, 1.82) is 0 Å². The molecule has 0 bridgehead atoms. The van der Waals surface area contributed by atoms with Crippen molar-refractivity contribution >= 4 is 37.8 Å². The zero-order valence-corrected chi connectivity index (χ0v) is 14.2. The van der Waals surface area contributed by atoms with Crippen LogP contribution >= 0.6 is 11.3 Å². The lowest BCUT2D eigenvalue weighted by atomic mass is 10.3. The molecule has 1 rings (SSSR count). The van der Waals surface area contributed by atoms with Gasteiger partial charge in [0.2, 0.25) is 0 Å². The summed E-state index contributed by atoms with van der Waals surface area (Å²) in [7, 11) is -3.51. The molecule has 0 atom stereocenters. The van der Waals surface area contributed by atoms with Gasteiger partial charge in [0.25, 0.3) is 0 Å². The average molecular weight is 334 g/mol. The molecule has 0 aliphatic carbocycles. The van der Waals surface area contributed by atoms with E-state index in [2.05, 4.69) is 5.32 Å². The predicted molar refractivity (Wildman–Crippen MR) is 85.8 cm³/mol. The van der Waals surface area contributed by atoms with E-state index in [1.165, 1.54) is 0 Å². The molecule has 0 amide bonds. The van der Waals surface area contributed by atoms with Crippen molar-refractivity contribution in [2.24, 2.45) is 0 Å². The third-order valence-corrected chi connectivity index (χ3v) is 5.95. The molecule has 1 aromatic heterocycles. The molecule has 3 N–H and O–H groups in total. The first-order valence-corrected chi connectivity index (χ1v) is 9.41. The van der Waals surface area contributed by atoms with Gasteiger partial charge >= 0.3 is 5.97 Å². The van der Waals surface area contributed by atoms with Gasteiger partial charge in [0.1, 0.15) is 14.8 Å². The van der Waals surface area contributed by atoms with E-state index in [1.807, 2.05) is 6.92 Å². The molecule has 0 spiro atoms. The van der Waals surface area contributed by atoms with Crippen LogP contribution in [-0.4, -0.2) is 33.3 Å². The van der Waals surface area contributed by atoms with Crippen LogP contribution in [0.1, 0.15) is 43.3 Å². The molecule has 6 nitrogen and oxygen atoms in total. The van der Waals surface area contributed by atoms with Crippen LogP contribution in [0.25, 0.3) is 0 Å². The largest absolute Gasteiger partial charge is 0.462 e. The lowest BCUT2D eigenvalue weighted by Crippen LogP contribution is -2.11. The molecule has 0 aromatic carbocycles. The van der Waals surface area contributed by atoms with Gasteiger partial charge in [-0.25, -0.2) is 13.2 Å². The number of unbranched alkanes of at least 4 members (excludes halogenated alkanes) is 1. The molecule has 0 aliphatic heterocycles. The topological polar surface area (TPSA) is 98.5 Å². The number of carbonyl (C=O) groups is 1. The van der Waals surface area contributed by atoms with Gasteiger partial charge in [-0.1, -0.05) is 20.3 Å². The Morgan fingerprint density at radius 2 is 2.00 bits per heavy atom. The Bertz CT molecular complexity index is 594. The van der Waals surface area contributed by atoms with Crippen molar-refractivity contribution < 1.29 is 17.9 Å². The number of ether oxygens (including phenoxy) is 1. The minimum absolute atomic E-state index is 0.0145. The summed E-state index contributed by atoms with van der Waals surface area (Å²) in [4.78, 5) is 12.0. The predicted octanol–water partition coefficient (Wildman–Crippen LogP) is 2.51. The summed E-state index contributed by atoms with van der Waals surface area (Å²) in [5, 5.41) is 3.49. The second kappa shape index (κ2) is 7.65. The van der Waals surface area contributed by atoms with Crippen molar-refractivity contribution in [3.05, 3.63) is 4.88 Å². The van der Waals surface area contributed by atoms with E-state index in [9.17, 15) is 13.2 Å². The number of rotatable bonds is 8. The van der Waals surface area contributed by atoms with Crippen molar-refractivity contribution in [2.45, 2.75) is 38.5 Å². The standard InChI is InChI=1S/C13H22N2O4S2/c1-4-7-8-15-12-11(21(17,18)6-3)9(14)10(20-12)13(16)19-5-2/h15H,4-8,14H2,1-3H3. The van der Waals surface area contributed by atoms with E-state index in [1.54, 1.807) is 13.8 Å². The number of anilines is 2. The Morgan fingerprint density at radius 3 is 2.52 bits per heavy atom. The van der Waals surface area contributed by atoms with Gasteiger partial charge in [0.15, 0.2) is 9.84 Å². The molecule has 0 saturated carbocycles. The summed E-state index contributed by atoms with van der Waals surface area (Å²) in [5.41, 5.74) is 5.88. The molecule has 1 heterocycles. The van der Waals surface area contributed by atoms with Gasteiger partial charge in [-0.15, -0.1) is 11.3 Å². The smallest absolute Gasteiger partial charge is 0.350 e. The fourth-order valence-corrected chi connectivity index (χ4v) is 4.31. The van der Waals surface area contributed by atoms with Crippen LogP contribution in [0.15, 0.2) is 4.90 Å². The van der Waals surface area contributed by atoms with Gasteiger partial charge < -0.3 is 15.8 Å². The van der Waals surface area contributed by atoms with Crippen LogP contribution in [0, 0.1) is 0 Å². The van der Waals surface area contributed by atoms with Crippen LogP contribution in [0.2, 0.25) is 0 Å². The van der Waals surface area contributed by atoms with Gasteiger partial charge in [0.05, 0.1) is 18.0 Å². The quantitative estimate of drug-likeness (QED) is 0.560. The molecule has 0 saturated heterocycles. The maximum Gasteiger partial charge on any atom is 0.350 e. The first-order chi connectivity index (χ1) is 9.88. The minimum Gasteiger partial charge on any atom is -0.462 e.